The standard InChI is InChI=1S/C19H21FN4O.2ClH/c1-24-17-8-7-14(20)12-16(17)23-18(24)10-11-22-19(25)9-6-13-4-2-3-5-15(13)21;;/h2-5,7-8,12H,6,9-11,21H2,1H3,(H,22,25);2*1H. The Balaban J connectivity index is 0.00000182. The first-order valence-electron chi connectivity index (χ1n) is 8.25. The van der Waals surface area contributed by atoms with Gasteiger partial charge >= 0.3 is 0 Å². The highest BCUT2D eigenvalue weighted by atomic mass is 35.5. The Morgan fingerprint density at radius 1 is 1.19 bits per heavy atom. The number of aryl methyl sites for hydroxylation is 2. The molecule has 0 radical (unpaired) electrons. The number of imidazole rings is 1. The Labute approximate surface area is 170 Å². The average Bonchev–Trinajstić information content (AvgIpc) is 2.89. The molecule has 3 rings (SSSR count). The van der Waals surface area contributed by atoms with Gasteiger partial charge in [0.25, 0.3) is 0 Å². The van der Waals surface area contributed by atoms with Crippen LogP contribution in [0, 0.1) is 5.82 Å². The minimum absolute atomic E-state index is 0. The summed E-state index contributed by atoms with van der Waals surface area (Å²) in [6.45, 7) is 0.489. The number of nitrogens with zero attached hydrogens (tertiary/aromatic N) is 2. The monoisotopic (exact) mass is 412 g/mol. The number of carbonyl (C=O) groups excluding carboxylic acids is 1. The van der Waals surface area contributed by atoms with Crippen LogP contribution in [0.2, 0.25) is 0 Å². The molecule has 0 aliphatic carbocycles. The molecule has 5 nitrogen and oxygen atoms in total. The fourth-order valence-electron chi connectivity index (χ4n) is 2.86. The zero-order valence-corrected chi connectivity index (χ0v) is 16.6. The van der Waals surface area contributed by atoms with Gasteiger partial charge in [-0.05, 0) is 30.2 Å². The predicted molar refractivity (Wildman–Crippen MR) is 111 cm³/mol. The van der Waals surface area contributed by atoms with E-state index >= 15 is 0 Å². The molecule has 1 amide bonds. The molecule has 0 bridgehead atoms. The first-order chi connectivity index (χ1) is 12.0. The second-order valence-corrected chi connectivity index (χ2v) is 6.02. The Morgan fingerprint density at radius 2 is 1.93 bits per heavy atom. The van der Waals surface area contributed by atoms with Crippen LogP contribution < -0.4 is 11.1 Å². The Hall–Kier alpha value is -2.31. The predicted octanol–water partition coefficient (Wildman–Crippen LogP) is 3.43. The lowest BCUT2D eigenvalue weighted by atomic mass is 10.1. The van der Waals surface area contributed by atoms with Gasteiger partial charge in [-0.25, -0.2) is 9.37 Å². The summed E-state index contributed by atoms with van der Waals surface area (Å²) < 4.78 is 15.2. The molecule has 0 atom stereocenters. The number of benzene rings is 2. The lowest BCUT2D eigenvalue weighted by Gasteiger charge is -2.07. The maximum atomic E-state index is 13.3. The fraction of sp³-hybridized carbons (Fsp3) is 0.263. The van der Waals surface area contributed by atoms with E-state index in [0.717, 1.165) is 16.9 Å². The lowest BCUT2D eigenvalue weighted by molar-refractivity contribution is -0.121. The second-order valence-electron chi connectivity index (χ2n) is 6.02. The van der Waals surface area contributed by atoms with Gasteiger partial charge in [0, 0.05) is 38.2 Å². The summed E-state index contributed by atoms with van der Waals surface area (Å²) in [6, 6.07) is 12.1. The summed E-state index contributed by atoms with van der Waals surface area (Å²) in [7, 11) is 1.89. The van der Waals surface area contributed by atoms with Crippen molar-refractivity contribution in [3.05, 3.63) is 59.7 Å². The van der Waals surface area contributed by atoms with Crippen molar-refractivity contribution in [2.45, 2.75) is 19.3 Å². The van der Waals surface area contributed by atoms with Gasteiger partial charge in [-0.2, -0.15) is 0 Å². The van der Waals surface area contributed by atoms with Crippen molar-refractivity contribution < 1.29 is 9.18 Å². The van der Waals surface area contributed by atoms with Gasteiger partial charge in [-0.1, -0.05) is 18.2 Å². The van der Waals surface area contributed by atoms with E-state index in [2.05, 4.69) is 10.3 Å². The topological polar surface area (TPSA) is 72.9 Å². The average molecular weight is 413 g/mol. The number of nitrogens with two attached hydrogens (primary N) is 1. The van der Waals surface area contributed by atoms with Crippen molar-refractivity contribution in [2.24, 2.45) is 7.05 Å². The van der Waals surface area contributed by atoms with Crippen LogP contribution >= 0.6 is 24.8 Å². The first kappa shape index (κ1) is 22.7. The number of nitrogen functional groups attached to an aromatic ring is 1. The number of carbonyl (C=O) groups is 1. The molecule has 27 heavy (non-hydrogen) atoms. The van der Waals surface area contributed by atoms with Crippen molar-refractivity contribution in [3.8, 4) is 0 Å². The van der Waals surface area contributed by atoms with E-state index in [1.54, 1.807) is 6.07 Å². The fourth-order valence-corrected chi connectivity index (χ4v) is 2.86. The van der Waals surface area contributed by atoms with Crippen molar-refractivity contribution >= 4 is 47.4 Å². The van der Waals surface area contributed by atoms with E-state index in [1.165, 1.54) is 12.1 Å². The zero-order chi connectivity index (χ0) is 17.8. The number of anilines is 1. The maximum absolute atomic E-state index is 13.3. The van der Waals surface area contributed by atoms with E-state index in [-0.39, 0.29) is 36.5 Å². The van der Waals surface area contributed by atoms with Gasteiger partial charge in [0.2, 0.25) is 5.91 Å². The first-order valence-corrected chi connectivity index (χ1v) is 8.25. The van der Waals surface area contributed by atoms with E-state index in [9.17, 15) is 9.18 Å². The normalized spacial score (nSPS) is 10.1. The Bertz CT molecular complexity index is 914. The van der Waals surface area contributed by atoms with E-state index in [1.807, 2.05) is 35.9 Å². The van der Waals surface area contributed by atoms with Crippen molar-refractivity contribution in [3.63, 3.8) is 0 Å². The van der Waals surface area contributed by atoms with E-state index in [4.69, 9.17) is 5.73 Å². The Morgan fingerprint density at radius 3 is 2.67 bits per heavy atom. The van der Waals surface area contributed by atoms with Crippen LogP contribution in [0.15, 0.2) is 42.5 Å². The molecule has 1 aromatic heterocycles. The van der Waals surface area contributed by atoms with Gasteiger partial charge in [-0.15, -0.1) is 24.8 Å². The minimum Gasteiger partial charge on any atom is -0.399 e. The summed E-state index contributed by atoms with van der Waals surface area (Å²) in [5, 5.41) is 2.90. The number of aromatic nitrogens is 2. The SMILES string of the molecule is Cl.Cl.Cn1c(CCNC(=O)CCc2ccccc2N)nc2cc(F)ccc21. The molecule has 0 fully saturated rings. The molecular formula is C19H23Cl2FN4O. The minimum atomic E-state index is -0.300. The van der Waals surface area contributed by atoms with Crippen LogP contribution in [0.4, 0.5) is 10.1 Å². The summed E-state index contributed by atoms with van der Waals surface area (Å²) in [6.07, 6.45) is 1.60. The molecule has 1 heterocycles. The molecule has 0 saturated carbocycles. The van der Waals surface area contributed by atoms with Gasteiger partial charge in [0.1, 0.15) is 11.6 Å². The second kappa shape index (κ2) is 10.1. The molecule has 146 valence electrons. The van der Waals surface area contributed by atoms with Gasteiger partial charge < -0.3 is 15.6 Å². The molecule has 0 aliphatic heterocycles. The number of hydrogen-bond donors (Lipinski definition) is 2. The molecule has 0 aliphatic rings. The number of para-hydroxylation sites is 1. The highest BCUT2D eigenvalue weighted by molar-refractivity contribution is 5.85. The molecule has 8 heteroatoms. The highest BCUT2D eigenvalue weighted by Gasteiger charge is 2.09. The highest BCUT2D eigenvalue weighted by Crippen LogP contribution is 2.16. The lowest BCUT2D eigenvalue weighted by Crippen LogP contribution is -2.26. The maximum Gasteiger partial charge on any atom is 0.220 e. The van der Waals surface area contributed by atoms with Crippen LogP contribution in [-0.4, -0.2) is 22.0 Å². The van der Waals surface area contributed by atoms with Gasteiger partial charge in [0.15, 0.2) is 0 Å². The number of nitrogens with one attached hydrogen (secondary N) is 1. The van der Waals surface area contributed by atoms with Crippen LogP contribution in [-0.2, 0) is 24.7 Å². The molecule has 3 aromatic rings. The molecule has 2 aromatic carbocycles. The Kier molecular flexibility index (Phi) is 8.53. The summed E-state index contributed by atoms with van der Waals surface area (Å²) in [5.41, 5.74) is 9.07. The quantitative estimate of drug-likeness (QED) is 0.609. The van der Waals surface area contributed by atoms with E-state index in [0.29, 0.717) is 37.0 Å². The van der Waals surface area contributed by atoms with Crippen molar-refractivity contribution in [1.29, 1.82) is 0 Å². The van der Waals surface area contributed by atoms with Crippen LogP contribution in [0.1, 0.15) is 17.8 Å². The number of halogens is 3. The van der Waals surface area contributed by atoms with Crippen molar-refractivity contribution in [2.75, 3.05) is 12.3 Å². The molecule has 0 spiro atoms. The van der Waals surface area contributed by atoms with Gasteiger partial charge in [-0.3, -0.25) is 4.79 Å². The van der Waals surface area contributed by atoms with Crippen LogP contribution in [0.3, 0.4) is 0 Å². The van der Waals surface area contributed by atoms with Gasteiger partial charge in [0.05, 0.1) is 11.0 Å². The van der Waals surface area contributed by atoms with Crippen LogP contribution in [0.5, 0.6) is 0 Å². The molecule has 0 saturated heterocycles. The molecular weight excluding hydrogens is 390 g/mol. The number of fused-ring (bicyclic) bond motifs is 1. The largest absolute Gasteiger partial charge is 0.399 e. The number of hydrogen-bond acceptors (Lipinski definition) is 3. The summed E-state index contributed by atoms with van der Waals surface area (Å²) in [4.78, 5) is 16.4. The third-order valence-corrected chi connectivity index (χ3v) is 4.28. The number of amides is 1. The van der Waals surface area contributed by atoms with Crippen LogP contribution in [0.25, 0.3) is 11.0 Å². The number of rotatable bonds is 6. The smallest absolute Gasteiger partial charge is 0.220 e. The molecule has 3 N–H and O–H groups in total. The third-order valence-electron chi connectivity index (χ3n) is 4.28. The molecule has 0 unspecified atom stereocenters. The third kappa shape index (κ3) is 5.58. The van der Waals surface area contributed by atoms with Crippen molar-refractivity contribution in [1.82, 2.24) is 14.9 Å². The van der Waals surface area contributed by atoms with E-state index < -0.39 is 0 Å². The zero-order valence-electron chi connectivity index (χ0n) is 14.9. The summed E-state index contributed by atoms with van der Waals surface area (Å²) >= 11 is 0. The summed E-state index contributed by atoms with van der Waals surface area (Å²) in [5.74, 6) is 0.493.